The number of hydrogen-bond acceptors (Lipinski definition) is 2. The van der Waals surface area contributed by atoms with Crippen molar-refractivity contribution in [2.45, 2.75) is 19.4 Å². The standard InChI is InChI=1S/C11H16ClFN2/c12-10-7-9(3-4-11(10)13)8-15-6-2-1-5-14/h3-4,7,15H,1-2,5-6,8,14H2. The molecule has 0 fully saturated rings. The van der Waals surface area contributed by atoms with E-state index >= 15 is 0 Å². The highest BCUT2D eigenvalue weighted by Gasteiger charge is 1.99. The molecule has 0 saturated heterocycles. The SMILES string of the molecule is NCCCCNCc1ccc(F)c(Cl)c1. The van der Waals surface area contributed by atoms with Crippen LogP contribution in [0.5, 0.6) is 0 Å². The van der Waals surface area contributed by atoms with Gasteiger partial charge in [0.25, 0.3) is 0 Å². The van der Waals surface area contributed by atoms with Gasteiger partial charge in [0.15, 0.2) is 0 Å². The van der Waals surface area contributed by atoms with Crippen LogP contribution in [0.3, 0.4) is 0 Å². The summed E-state index contributed by atoms with van der Waals surface area (Å²) in [5, 5.41) is 3.42. The van der Waals surface area contributed by atoms with Crippen molar-refractivity contribution in [1.82, 2.24) is 5.32 Å². The lowest BCUT2D eigenvalue weighted by atomic mass is 10.2. The molecule has 0 aliphatic carbocycles. The second-order valence-electron chi connectivity index (χ2n) is 3.42. The molecule has 1 rings (SSSR count). The zero-order chi connectivity index (χ0) is 11.1. The molecule has 0 aromatic heterocycles. The summed E-state index contributed by atoms with van der Waals surface area (Å²) in [5.74, 6) is -0.372. The molecule has 1 aromatic rings. The van der Waals surface area contributed by atoms with Crippen molar-refractivity contribution in [3.8, 4) is 0 Å². The lowest BCUT2D eigenvalue weighted by Crippen LogP contribution is -2.15. The third-order valence-corrected chi connectivity index (χ3v) is 2.41. The average molecular weight is 231 g/mol. The van der Waals surface area contributed by atoms with Crippen LogP contribution < -0.4 is 11.1 Å². The van der Waals surface area contributed by atoms with Gasteiger partial charge >= 0.3 is 0 Å². The van der Waals surface area contributed by atoms with Gasteiger partial charge in [-0.15, -0.1) is 0 Å². The van der Waals surface area contributed by atoms with Crippen molar-refractivity contribution >= 4 is 11.6 Å². The summed E-state index contributed by atoms with van der Waals surface area (Å²) in [6.07, 6.45) is 2.09. The smallest absolute Gasteiger partial charge is 0.141 e. The molecule has 0 saturated carbocycles. The van der Waals surface area contributed by atoms with Gasteiger partial charge < -0.3 is 11.1 Å². The average Bonchev–Trinajstić information content (AvgIpc) is 2.23. The Bertz CT molecular complexity index is 305. The molecule has 0 aliphatic rings. The Hall–Kier alpha value is -0.640. The second-order valence-corrected chi connectivity index (χ2v) is 3.83. The summed E-state index contributed by atoms with van der Waals surface area (Å²) in [7, 11) is 0. The zero-order valence-corrected chi connectivity index (χ0v) is 9.36. The molecule has 15 heavy (non-hydrogen) atoms. The number of hydrogen-bond donors (Lipinski definition) is 2. The Morgan fingerprint density at radius 2 is 2.13 bits per heavy atom. The van der Waals surface area contributed by atoms with Crippen LogP contribution in [0.25, 0.3) is 0 Å². The van der Waals surface area contributed by atoms with Crippen molar-refractivity contribution in [2.75, 3.05) is 13.1 Å². The van der Waals surface area contributed by atoms with Crippen molar-refractivity contribution in [3.63, 3.8) is 0 Å². The fraction of sp³-hybridized carbons (Fsp3) is 0.455. The third kappa shape index (κ3) is 4.60. The van der Waals surface area contributed by atoms with E-state index in [1.165, 1.54) is 6.07 Å². The fourth-order valence-electron chi connectivity index (χ4n) is 1.28. The lowest BCUT2D eigenvalue weighted by Gasteiger charge is -2.05. The van der Waals surface area contributed by atoms with Crippen molar-refractivity contribution in [1.29, 1.82) is 0 Å². The maximum Gasteiger partial charge on any atom is 0.141 e. The molecule has 2 nitrogen and oxygen atoms in total. The molecule has 0 radical (unpaired) electrons. The predicted molar refractivity (Wildman–Crippen MR) is 61.4 cm³/mol. The molecule has 1 aromatic carbocycles. The molecule has 4 heteroatoms. The van der Waals surface area contributed by atoms with Gasteiger partial charge in [-0.05, 0) is 43.6 Å². The molecule has 0 spiro atoms. The predicted octanol–water partition coefficient (Wildman–Crippen LogP) is 2.31. The second kappa shape index (κ2) is 6.77. The minimum Gasteiger partial charge on any atom is -0.330 e. The largest absolute Gasteiger partial charge is 0.330 e. The first-order valence-electron chi connectivity index (χ1n) is 5.08. The quantitative estimate of drug-likeness (QED) is 0.736. The summed E-state index contributed by atoms with van der Waals surface area (Å²) in [4.78, 5) is 0. The summed E-state index contributed by atoms with van der Waals surface area (Å²) in [6, 6.07) is 4.77. The number of nitrogens with two attached hydrogens (primary N) is 1. The molecular weight excluding hydrogens is 215 g/mol. The molecule has 0 aliphatic heterocycles. The van der Waals surface area contributed by atoms with Gasteiger partial charge in [0, 0.05) is 6.54 Å². The monoisotopic (exact) mass is 230 g/mol. The molecule has 0 atom stereocenters. The van der Waals surface area contributed by atoms with Gasteiger partial charge in [-0.2, -0.15) is 0 Å². The van der Waals surface area contributed by atoms with E-state index in [9.17, 15) is 4.39 Å². The minimum absolute atomic E-state index is 0.177. The van der Waals surface area contributed by atoms with E-state index in [4.69, 9.17) is 17.3 Å². The van der Waals surface area contributed by atoms with Crippen LogP contribution >= 0.6 is 11.6 Å². The molecular formula is C11H16ClFN2. The van der Waals surface area contributed by atoms with Gasteiger partial charge in [-0.1, -0.05) is 17.7 Å². The van der Waals surface area contributed by atoms with Crippen LogP contribution in [0.4, 0.5) is 4.39 Å². The molecule has 0 bridgehead atoms. The van der Waals surface area contributed by atoms with Gasteiger partial charge in [0.2, 0.25) is 0 Å². The van der Waals surface area contributed by atoms with Crippen LogP contribution in [-0.4, -0.2) is 13.1 Å². The molecule has 3 N–H and O–H groups in total. The molecule has 84 valence electrons. The van der Waals surface area contributed by atoms with Gasteiger partial charge in [-0.25, -0.2) is 4.39 Å². The van der Waals surface area contributed by atoms with E-state index in [1.54, 1.807) is 12.1 Å². The van der Waals surface area contributed by atoms with Crippen molar-refractivity contribution < 1.29 is 4.39 Å². The minimum atomic E-state index is -0.372. The van der Waals surface area contributed by atoms with E-state index in [0.29, 0.717) is 6.54 Å². The Balaban J connectivity index is 2.28. The first-order chi connectivity index (χ1) is 7.24. The fourth-order valence-corrected chi connectivity index (χ4v) is 1.48. The number of nitrogens with one attached hydrogen (secondary N) is 1. The first-order valence-corrected chi connectivity index (χ1v) is 5.46. The van der Waals surface area contributed by atoms with Crippen LogP contribution in [0.15, 0.2) is 18.2 Å². The Kier molecular flexibility index (Phi) is 5.61. The zero-order valence-electron chi connectivity index (χ0n) is 8.60. The van der Waals surface area contributed by atoms with Crippen LogP contribution in [0.1, 0.15) is 18.4 Å². The van der Waals surface area contributed by atoms with E-state index < -0.39 is 0 Å². The normalized spacial score (nSPS) is 10.6. The Morgan fingerprint density at radius 1 is 1.33 bits per heavy atom. The number of unbranched alkanes of at least 4 members (excludes halogenated alkanes) is 1. The van der Waals surface area contributed by atoms with E-state index in [-0.39, 0.29) is 10.8 Å². The summed E-state index contributed by atoms with van der Waals surface area (Å²) < 4.78 is 12.8. The number of rotatable bonds is 6. The van der Waals surface area contributed by atoms with Gasteiger partial charge in [0.1, 0.15) is 5.82 Å². The van der Waals surface area contributed by atoms with E-state index in [0.717, 1.165) is 31.5 Å². The summed E-state index contributed by atoms with van der Waals surface area (Å²) in [6.45, 7) is 2.36. The molecule has 0 amide bonds. The van der Waals surface area contributed by atoms with Gasteiger partial charge in [0.05, 0.1) is 5.02 Å². The van der Waals surface area contributed by atoms with Crippen LogP contribution in [0, 0.1) is 5.82 Å². The number of benzene rings is 1. The van der Waals surface area contributed by atoms with E-state index in [2.05, 4.69) is 5.32 Å². The maximum atomic E-state index is 12.8. The van der Waals surface area contributed by atoms with E-state index in [1.807, 2.05) is 0 Å². The van der Waals surface area contributed by atoms with Gasteiger partial charge in [-0.3, -0.25) is 0 Å². The highest BCUT2D eigenvalue weighted by atomic mass is 35.5. The highest BCUT2D eigenvalue weighted by Crippen LogP contribution is 2.15. The highest BCUT2D eigenvalue weighted by molar-refractivity contribution is 6.30. The third-order valence-electron chi connectivity index (χ3n) is 2.12. The Labute approximate surface area is 94.6 Å². The molecule has 0 unspecified atom stereocenters. The maximum absolute atomic E-state index is 12.8. The summed E-state index contributed by atoms with van der Waals surface area (Å²) in [5.41, 5.74) is 6.37. The lowest BCUT2D eigenvalue weighted by molar-refractivity contribution is 0.617. The van der Waals surface area contributed by atoms with Crippen molar-refractivity contribution in [3.05, 3.63) is 34.6 Å². The molecule has 0 heterocycles. The van der Waals surface area contributed by atoms with Crippen LogP contribution in [0.2, 0.25) is 5.02 Å². The number of halogens is 2. The Morgan fingerprint density at radius 3 is 2.80 bits per heavy atom. The topological polar surface area (TPSA) is 38.0 Å². The first kappa shape index (κ1) is 12.4. The van der Waals surface area contributed by atoms with Crippen LogP contribution in [-0.2, 0) is 6.54 Å². The summed E-state index contributed by atoms with van der Waals surface area (Å²) >= 11 is 5.66. The van der Waals surface area contributed by atoms with Crippen molar-refractivity contribution in [2.24, 2.45) is 5.73 Å².